The van der Waals surface area contributed by atoms with E-state index in [0.717, 1.165) is 5.56 Å². The molecule has 1 radical (unpaired) electrons. The van der Waals surface area contributed by atoms with E-state index in [1.165, 1.54) is 0 Å². The van der Waals surface area contributed by atoms with Crippen LogP contribution in [0.15, 0.2) is 12.1 Å². The van der Waals surface area contributed by atoms with Gasteiger partial charge in [-0.3, -0.25) is 0 Å². The van der Waals surface area contributed by atoms with E-state index in [0.29, 0.717) is 10.0 Å². The summed E-state index contributed by atoms with van der Waals surface area (Å²) in [5, 5.41) is 1.09. The molecule has 0 heterocycles. The van der Waals surface area contributed by atoms with Crippen LogP contribution >= 0.6 is 23.2 Å². The molecule has 1 rings (SSSR count). The average molecular weight is 212 g/mol. The number of halogens is 2. The van der Waals surface area contributed by atoms with Crippen molar-refractivity contribution < 1.29 is 0 Å². The minimum Gasteiger partial charge on any atom is -0.119 e. The zero-order valence-electron chi connectivity index (χ0n) is 7.49. The van der Waals surface area contributed by atoms with Gasteiger partial charge in [-0.2, -0.15) is 0 Å². The van der Waals surface area contributed by atoms with Crippen LogP contribution in [0.3, 0.4) is 0 Å². The smallest absolute Gasteiger partial charge is 0.0547 e. The Hall–Kier alpha value is -0.640. The van der Waals surface area contributed by atoms with Crippen molar-refractivity contribution in [3.63, 3.8) is 0 Å². The largest absolute Gasteiger partial charge is 0.119 e. The van der Waals surface area contributed by atoms with Gasteiger partial charge in [-0.1, -0.05) is 35.2 Å². The minimum absolute atomic E-state index is 0.452. The van der Waals surface area contributed by atoms with Gasteiger partial charge in [0.1, 0.15) is 0 Å². The summed E-state index contributed by atoms with van der Waals surface area (Å²) >= 11 is 12.0. The van der Waals surface area contributed by atoms with Crippen molar-refractivity contribution >= 4 is 23.2 Å². The maximum Gasteiger partial charge on any atom is 0.0547 e. The summed E-state index contributed by atoms with van der Waals surface area (Å²) in [4.78, 5) is 0. The van der Waals surface area contributed by atoms with Gasteiger partial charge in [0.05, 0.1) is 10.4 Å². The number of rotatable bonds is 1. The molecule has 67 valence electrons. The van der Waals surface area contributed by atoms with Gasteiger partial charge in [0, 0.05) is 16.7 Å². The van der Waals surface area contributed by atoms with Crippen LogP contribution in [0.5, 0.6) is 0 Å². The van der Waals surface area contributed by atoms with Crippen LogP contribution in [-0.2, 0) is 5.41 Å². The molecular formula is C11H9Cl2. The predicted octanol–water partition coefficient (Wildman–Crippen LogP) is 3.70. The van der Waals surface area contributed by atoms with E-state index in [4.69, 9.17) is 29.6 Å². The Morgan fingerprint density at radius 1 is 1.46 bits per heavy atom. The monoisotopic (exact) mass is 211 g/mol. The molecule has 0 aliphatic heterocycles. The molecule has 0 saturated carbocycles. The Morgan fingerprint density at radius 3 is 2.54 bits per heavy atom. The predicted molar refractivity (Wildman–Crippen MR) is 57.2 cm³/mol. The lowest BCUT2D eigenvalue weighted by molar-refractivity contribution is 0.699. The second-order valence-corrected chi connectivity index (χ2v) is 4.07. The molecule has 2 heteroatoms. The summed E-state index contributed by atoms with van der Waals surface area (Å²) < 4.78 is 0. The van der Waals surface area contributed by atoms with Crippen LogP contribution in [0, 0.1) is 18.4 Å². The summed E-state index contributed by atoms with van der Waals surface area (Å²) in [6.45, 7) is 3.79. The first kappa shape index (κ1) is 10.4. The van der Waals surface area contributed by atoms with Gasteiger partial charge in [-0.25, -0.2) is 0 Å². The molecule has 13 heavy (non-hydrogen) atoms. The first-order chi connectivity index (χ1) is 5.99. The van der Waals surface area contributed by atoms with Crippen LogP contribution in [0.2, 0.25) is 10.0 Å². The maximum absolute atomic E-state index is 5.99. The van der Waals surface area contributed by atoms with E-state index in [1.807, 2.05) is 13.8 Å². The molecule has 0 N–H and O–H groups in total. The first-order valence-electron chi connectivity index (χ1n) is 3.83. The molecule has 0 aliphatic carbocycles. The Morgan fingerprint density at radius 2 is 2.08 bits per heavy atom. The second kappa shape index (κ2) is 3.62. The number of hydrogen-bond donors (Lipinski definition) is 0. The molecule has 0 nitrogen and oxygen atoms in total. The molecule has 0 unspecified atom stereocenters. The van der Waals surface area contributed by atoms with Crippen LogP contribution in [0.25, 0.3) is 0 Å². The van der Waals surface area contributed by atoms with Crippen molar-refractivity contribution in [2.75, 3.05) is 0 Å². The van der Waals surface area contributed by atoms with Crippen LogP contribution in [0.4, 0.5) is 0 Å². The molecule has 0 bridgehead atoms. The lowest BCUT2D eigenvalue weighted by atomic mass is 9.85. The fourth-order valence-electron chi connectivity index (χ4n) is 1.09. The Labute approximate surface area is 88.9 Å². The average Bonchev–Trinajstić information content (AvgIpc) is 2.03. The summed E-state index contributed by atoms with van der Waals surface area (Å²) in [5.74, 6) is 2.65. The van der Waals surface area contributed by atoms with Gasteiger partial charge in [-0.05, 0) is 19.9 Å². The van der Waals surface area contributed by atoms with E-state index in [1.54, 1.807) is 12.1 Å². The highest BCUT2D eigenvalue weighted by atomic mass is 35.5. The molecule has 0 amide bonds. The highest BCUT2D eigenvalue weighted by Crippen LogP contribution is 2.34. The number of hydrogen-bond acceptors (Lipinski definition) is 0. The molecule has 0 aromatic heterocycles. The molecule has 0 spiro atoms. The molecule has 0 fully saturated rings. The Balaban J connectivity index is 3.38. The third kappa shape index (κ3) is 1.99. The maximum atomic E-state index is 5.99. The summed E-state index contributed by atoms with van der Waals surface area (Å²) in [5.41, 5.74) is 0.312. The molecule has 1 aromatic rings. The van der Waals surface area contributed by atoms with Gasteiger partial charge in [0.25, 0.3) is 0 Å². The SMILES string of the molecule is C#CC(C)(C)c1c(Cl)[c]ccc1Cl. The Kier molecular flexibility index (Phi) is 2.91. The van der Waals surface area contributed by atoms with Crippen LogP contribution < -0.4 is 0 Å². The summed E-state index contributed by atoms with van der Waals surface area (Å²) in [6, 6.07) is 6.29. The highest BCUT2D eigenvalue weighted by molar-refractivity contribution is 6.36. The molecule has 0 saturated heterocycles. The highest BCUT2D eigenvalue weighted by Gasteiger charge is 2.23. The first-order valence-corrected chi connectivity index (χ1v) is 4.58. The standard InChI is InChI=1S/C11H9Cl2/c1-4-11(2,3)10-8(12)6-5-7-9(10)13/h1,5-6H,2-3H3. The van der Waals surface area contributed by atoms with Crippen LogP contribution in [-0.4, -0.2) is 0 Å². The fourth-order valence-corrected chi connectivity index (χ4v) is 1.94. The summed E-state index contributed by atoms with van der Waals surface area (Å²) in [7, 11) is 0. The van der Waals surface area contributed by atoms with E-state index in [9.17, 15) is 0 Å². The van der Waals surface area contributed by atoms with Gasteiger partial charge in [0.15, 0.2) is 0 Å². The molecular weight excluding hydrogens is 203 g/mol. The van der Waals surface area contributed by atoms with Crippen molar-refractivity contribution in [3.8, 4) is 12.3 Å². The van der Waals surface area contributed by atoms with Crippen molar-refractivity contribution in [1.29, 1.82) is 0 Å². The quantitative estimate of drug-likeness (QED) is 0.622. The van der Waals surface area contributed by atoms with Gasteiger partial charge in [-0.15, -0.1) is 6.42 Å². The lowest BCUT2D eigenvalue weighted by Gasteiger charge is -2.20. The normalized spacial score (nSPS) is 11.0. The van der Waals surface area contributed by atoms with Gasteiger partial charge < -0.3 is 0 Å². The summed E-state index contributed by atoms with van der Waals surface area (Å²) in [6.07, 6.45) is 5.39. The van der Waals surface area contributed by atoms with E-state index in [2.05, 4.69) is 12.0 Å². The Bertz CT molecular complexity index is 339. The van der Waals surface area contributed by atoms with Crippen molar-refractivity contribution in [3.05, 3.63) is 33.8 Å². The number of terminal acetylenes is 1. The zero-order chi connectivity index (χ0) is 10.1. The lowest BCUT2D eigenvalue weighted by Crippen LogP contribution is -2.15. The molecule has 1 aromatic carbocycles. The van der Waals surface area contributed by atoms with Crippen LogP contribution in [0.1, 0.15) is 19.4 Å². The van der Waals surface area contributed by atoms with E-state index < -0.39 is 5.41 Å². The zero-order valence-corrected chi connectivity index (χ0v) is 9.00. The van der Waals surface area contributed by atoms with E-state index in [-0.39, 0.29) is 0 Å². The second-order valence-electron chi connectivity index (χ2n) is 3.28. The van der Waals surface area contributed by atoms with Crippen molar-refractivity contribution in [2.24, 2.45) is 0 Å². The minimum atomic E-state index is -0.452. The third-order valence-corrected chi connectivity index (χ3v) is 2.50. The third-order valence-electron chi connectivity index (χ3n) is 1.88. The van der Waals surface area contributed by atoms with Crippen molar-refractivity contribution in [1.82, 2.24) is 0 Å². The fraction of sp³-hybridized carbons (Fsp3) is 0.273. The topological polar surface area (TPSA) is 0 Å². The van der Waals surface area contributed by atoms with Crippen molar-refractivity contribution in [2.45, 2.75) is 19.3 Å². The molecule has 0 atom stereocenters. The van der Waals surface area contributed by atoms with E-state index >= 15 is 0 Å². The van der Waals surface area contributed by atoms with Gasteiger partial charge >= 0.3 is 0 Å². The number of benzene rings is 1. The molecule has 0 aliphatic rings. The van der Waals surface area contributed by atoms with Gasteiger partial charge in [0.2, 0.25) is 0 Å².